The van der Waals surface area contributed by atoms with Gasteiger partial charge in [-0.05, 0) is 12.0 Å². The first kappa shape index (κ1) is 12.3. The Kier molecular flexibility index (Phi) is 3.37. The average molecular weight is 228 g/mol. The molecule has 1 aromatic carbocycles. The molecule has 1 N–H and O–H groups in total. The van der Waals surface area contributed by atoms with Crippen molar-refractivity contribution in [1.29, 1.82) is 0 Å². The van der Waals surface area contributed by atoms with Gasteiger partial charge in [-0.1, -0.05) is 31.2 Å². The highest BCUT2D eigenvalue weighted by molar-refractivity contribution is 6.13. The number of carboxylic acids is 1. The van der Waals surface area contributed by atoms with E-state index in [2.05, 4.69) is 0 Å². The predicted molar refractivity (Wildman–Crippen MR) is 52.7 cm³/mol. The predicted octanol–water partition coefficient (Wildman–Crippen LogP) is 2.15. The molecule has 0 fully saturated rings. The van der Waals surface area contributed by atoms with E-state index < -0.39 is 17.7 Å². The molecule has 0 aliphatic rings. The van der Waals surface area contributed by atoms with Gasteiger partial charge in [-0.25, -0.2) is 4.79 Å². The minimum Gasteiger partial charge on any atom is -0.476 e. The molecule has 5 heteroatoms. The Morgan fingerprint density at radius 1 is 1.25 bits per heavy atom. The Bertz CT molecular complexity index is 410. The summed E-state index contributed by atoms with van der Waals surface area (Å²) in [6, 6.07) is 5.45. The van der Waals surface area contributed by atoms with Crippen LogP contribution in [0.15, 0.2) is 24.3 Å². The molecule has 0 unspecified atom stereocenters. The molecular formula is C11H10F2O3. The van der Waals surface area contributed by atoms with Gasteiger partial charge in [-0.15, -0.1) is 0 Å². The van der Waals surface area contributed by atoms with Crippen LogP contribution < -0.4 is 0 Å². The number of aliphatic carboxylic acids is 1. The van der Waals surface area contributed by atoms with Crippen molar-refractivity contribution in [2.45, 2.75) is 19.3 Å². The third-order valence-corrected chi connectivity index (χ3v) is 2.18. The van der Waals surface area contributed by atoms with E-state index in [1.54, 1.807) is 0 Å². The summed E-state index contributed by atoms with van der Waals surface area (Å²) in [6.07, 6.45) is 0.712. The van der Waals surface area contributed by atoms with E-state index in [9.17, 15) is 18.4 Å². The number of hydrogen-bond donors (Lipinski definition) is 1. The maximum absolute atomic E-state index is 12.9. The lowest BCUT2D eigenvalue weighted by molar-refractivity contribution is -0.157. The maximum atomic E-state index is 12.9. The van der Waals surface area contributed by atoms with Gasteiger partial charge < -0.3 is 5.11 Å². The van der Waals surface area contributed by atoms with E-state index in [4.69, 9.17) is 5.11 Å². The number of rotatable bonds is 4. The molecule has 0 saturated carbocycles. The molecular weight excluding hydrogens is 218 g/mol. The summed E-state index contributed by atoms with van der Waals surface area (Å²) in [5.74, 6) is -8.49. The number of alkyl halides is 2. The normalized spacial score (nSPS) is 11.2. The number of carbonyl (C=O) groups is 2. The van der Waals surface area contributed by atoms with Gasteiger partial charge in [0.15, 0.2) is 0 Å². The molecule has 0 spiro atoms. The van der Waals surface area contributed by atoms with Crippen molar-refractivity contribution in [3.63, 3.8) is 0 Å². The zero-order valence-electron chi connectivity index (χ0n) is 8.54. The topological polar surface area (TPSA) is 54.4 Å². The van der Waals surface area contributed by atoms with E-state index in [-0.39, 0.29) is 5.56 Å². The van der Waals surface area contributed by atoms with Crippen LogP contribution in [0.3, 0.4) is 0 Å². The van der Waals surface area contributed by atoms with E-state index in [1.165, 1.54) is 24.3 Å². The van der Waals surface area contributed by atoms with Crippen molar-refractivity contribution in [3.8, 4) is 0 Å². The van der Waals surface area contributed by atoms with Crippen LogP contribution in [0.5, 0.6) is 0 Å². The monoisotopic (exact) mass is 228 g/mol. The molecule has 0 amide bonds. The van der Waals surface area contributed by atoms with Crippen molar-refractivity contribution in [1.82, 2.24) is 0 Å². The molecule has 16 heavy (non-hydrogen) atoms. The number of carbonyl (C=O) groups excluding carboxylic acids is 1. The summed E-state index contributed by atoms with van der Waals surface area (Å²) < 4.78 is 25.7. The second-order valence-corrected chi connectivity index (χ2v) is 3.26. The number of carboxylic acid groups (broad SMARTS) is 1. The minimum absolute atomic E-state index is 0.301. The highest BCUT2D eigenvalue weighted by Gasteiger charge is 2.47. The van der Waals surface area contributed by atoms with Gasteiger partial charge in [0.2, 0.25) is 5.78 Å². The van der Waals surface area contributed by atoms with Crippen LogP contribution in [0.4, 0.5) is 8.78 Å². The third kappa shape index (κ3) is 2.24. The van der Waals surface area contributed by atoms with E-state index in [0.29, 0.717) is 6.42 Å². The summed E-state index contributed by atoms with van der Waals surface area (Å²) in [5, 5.41) is 8.20. The van der Waals surface area contributed by atoms with Crippen LogP contribution in [0.1, 0.15) is 22.8 Å². The molecule has 0 saturated heterocycles. The summed E-state index contributed by atoms with van der Waals surface area (Å²) in [6.45, 7) is 1.88. The first-order valence-electron chi connectivity index (χ1n) is 4.64. The van der Waals surface area contributed by atoms with E-state index in [1.807, 2.05) is 6.92 Å². The van der Waals surface area contributed by atoms with Crippen molar-refractivity contribution >= 4 is 11.8 Å². The van der Waals surface area contributed by atoms with Crippen molar-refractivity contribution in [3.05, 3.63) is 35.4 Å². The lowest BCUT2D eigenvalue weighted by Gasteiger charge is -2.09. The van der Waals surface area contributed by atoms with Gasteiger partial charge in [0.05, 0.1) is 0 Å². The molecule has 0 aliphatic heterocycles. The molecule has 1 rings (SSSR count). The smallest absolute Gasteiger partial charge is 0.404 e. The maximum Gasteiger partial charge on any atom is 0.404 e. The lowest BCUT2D eigenvalue weighted by Crippen LogP contribution is -2.37. The van der Waals surface area contributed by atoms with Gasteiger partial charge in [-0.2, -0.15) is 8.78 Å². The molecule has 1 aromatic rings. The summed E-state index contributed by atoms with van der Waals surface area (Å²) in [4.78, 5) is 21.4. The molecule has 0 aliphatic carbocycles. The summed E-state index contributed by atoms with van der Waals surface area (Å²) in [7, 11) is 0. The van der Waals surface area contributed by atoms with Crippen LogP contribution in [0, 0.1) is 0 Å². The molecule has 0 atom stereocenters. The molecule has 86 valence electrons. The number of halogens is 2. The Morgan fingerprint density at radius 2 is 1.75 bits per heavy atom. The molecule has 0 radical (unpaired) electrons. The van der Waals surface area contributed by atoms with Crippen molar-refractivity contribution in [2.24, 2.45) is 0 Å². The fraction of sp³-hybridized carbons (Fsp3) is 0.273. The summed E-state index contributed by atoms with van der Waals surface area (Å²) >= 11 is 0. The van der Waals surface area contributed by atoms with Crippen molar-refractivity contribution < 1.29 is 23.5 Å². The Labute approximate surface area is 90.7 Å². The standard InChI is InChI=1S/C11H10F2O3/c1-2-7-3-5-8(6-4-7)9(14)11(12,13)10(15)16/h3-6H,2H2,1H3,(H,15,16). The van der Waals surface area contributed by atoms with Crippen LogP contribution in [-0.4, -0.2) is 22.8 Å². The van der Waals surface area contributed by atoms with E-state index in [0.717, 1.165) is 5.56 Å². The average Bonchev–Trinajstić information content (AvgIpc) is 2.28. The van der Waals surface area contributed by atoms with E-state index >= 15 is 0 Å². The van der Waals surface area contributed by atoms with Gasteiger partial charge in [0.25, 0.3) is 0 Å². The lowest BCUT2D eigenvalue weighted by atomic mass is 10.0. The molecule has 0 aromatic heterocycles. The SMILES string of the molecule is CCc1ccc(C(=O)C(F)(F)C(=O)O)cc1. The first-order valence-corrected chi connectivity index (χ1v) is 4.64. The number of ketones is 1. The zero-order valence-corrected chi connectivity index (χ0v) is 8.54. The largest absolute Gasteiger partial charge is 0.476 e. The van der Waals surface area contributed by atoms with Crippen molar-refractivity contribution in [2.75, 3.05) is 0 Å². The second-order valence-electron chi connectivity index (χ2n) is 3.26. The fourth-order valence-electron chi connectivity index (χ4n) is 1.17. The number of hydrogen-bond acceptors (Lipinski definition) is 2. The highest BCUT2D eigenvalue weighted by Crippen LogP contribution is 2.20. The fourth-order valence-corrected chi connectivity index (χ4v) is 1.17. The van der Waals surface area contributed by atoms with Crippen LogP contribution >= 0.6 is 0 Å². The van der Waals surface area contributed by atoms with Gasteiger partial charge >= 0.3 is 11.9 Å². The minimum atomic E-state index is -4.37. The molecule has 0 bridgehead atoms. The third-order valence-electron chi connectivity index (χ3n) is 2.18. The van der Waals surface area contributed by atoms with Gasteiger partial charge in [0, 0.05) is 5.56 Å². The quantitative estimate of drug-likeness (QED) is 0.634. The number of Topliss-reactive ketones (excluding diaryl/α,β-unsaturated/α-hetero) is 1. The molecule has 0 heterocycles. The Hall–Kier alpha value is -1.78. The highest BCUT2D eigenvalue weighted by atomic mass is 19.3. The van der Waals surface area contributed by atoms with Crippen LogP contribution in [-0.2, 0) is 11.2 Å². The van der Waals surface area contributed by atoms with Crippen LogP contribution in [0.25, 0.3) is 0 Å². The Morgan fingerprint density at radius 3 is 2.12 bits per heavy atom. The van der Waals surface area contributed by atoms with Gasteiger partial charge in [-0.3, -0.25) is 4.79 Å². The number of aryl methyl sites for hydroxylation is 1. The summed E-state index contributed by atoms with van der Waals surface area (Å²) in [5.41, 5.74) is 0.583. The van der Waals surface area contributed by atoms with Gasteiger partial charge in [0.1, 0.15) is 0 Å². The zero-order chi connectivity index (χ0) is 12.3. The number of benzene rings is 1. The Balaban J connectivity index is 3.01. The second kappa shape index (κ2) is 4.38. The first-order chi connectivity index (χ1) is 7.39. The van der Waals surface area contributed by atoms with Crippen LogP contribution in [0.2, 0.25) is 0 Å². The molecule has 3 nitrogen and oxygen atoms in total.